The fourth-order valence-electron chi connectivity index (χ4n) is 2.15. The SMILES string of the molecule is CN(C)S(=O)(=O)c1cc(Oc2c(Cl)cc(-c3nn[nH]n3)cc2Cl)ccc1O. The van der Waals surface area contributed by atoms with Crippen molar-refractivity contribution in [3.63, 3.8) is 0 Å². The normalized spacial score (nSPS) is 11.7. The van der Waals surface area contributed by atoms with E-state index < -0.39 is 15.8 Å². The third-order valence-corrected chi connectivity index (χ3v) is 5.92. The van der Waals surface area contributed by atoms with Crippen molar-refractivity contribution in [3.05, 3.63) is 40.4 Å². The summed E-state index contributed by atoms with van der Waals surface area (Å²) in [6, 6.07) is 6.85. The van der Waals surface area contributed by atoms with Gasteiger partial charge in [-0.3, -0.25) is 0 Å². The molecule has 0 saturated heterocycles. The third-order valence-electron chi connectivity index (χ3n) is 3.51. The first-order chi connectivity index (χ1) is 12.7. The Bertz CT molecular complexity index is 1060. The second-order valence-corrected chi connectivity index (χ2v) is 8.46. The molecule has 27 heavy (non-hydrogen) atoms. The summed E-state index contributed by atoms with van der Waals surface area (Å²) < 4.78 is 31.2. The number of benzene rings is 2. The Hall–Kier alpha value is -2.40. The number of aromatic nitrogens is 4. The van der Waals surface area contributed by atoms with Gasteiger partial charge in [-0.05, 0) is 29.5 Å². The zero-order chi connectivity index (χ0) is 19.8. The number of halogens is 2. The lowest BCUT2D eigenvalue weighted by Crippen LogP contribution is -2.22. The molecule has 142 valence electrons. The molecule has 0 atom stereocenters. The van der Waals surface area contributed by atoms with Crippen molar-refractivity contribution in [1.82, 2.24) is 24.9 Å². The van der Waals surface area contributed by atoms with E-state index in [2.05, 4.69) is 20.6 Å². The molecule has 0 unspecified atom stereocenters. The Morgan fingerprint density at radius 3 is 2.37 bits per heavy atom. The zero-order valence-corrected chi connectivity index (χ0v) is 16.3. The maximum atomic E-state index is 12.3. The molecule has 0 aliphatic carbocycles. The van der Waals surface area contributed by atoms with Crippen molar-refractivity contribution in [2.45, 2.75) is 4.90 Å². The highest BCUT2D eigenvalue weighted by Crippen LogP contribution is 2.40. The highest BCUT2D eigenvalue weighted by Gasteiger charge is 2.23. The standard InChI is InChI=1S/C15H13Cl2N5O4S/c1-22(2)27(24,25)13-7-9(3-4-12(13)23)26-14-10(16)5-8(6-11(14)17)15-18-20-21-19-15/h3-7,23H,1-2H3,(H,18,19,20,21). The molecule has 0 bridgehead atoms. The number of ether oxygens (including phenoxy) is 1. The summed E-state index contributed by atoms with van der Waals surface area (Å²) >= 11 is 12.5. The van der Waals surface area contributed by atoms with E-state index in [1.807, 2.05) is 0 Å². The van der Waals surface area contributed by atoms with Gasteiger partial charge in [0, 0.05) is 25.7 Å². The lowest BCUT2D eigenvalue weighted by Gasteiger charge is -2.15. The van der Waals surface area contributed by atoms with E-state index in [1.165, 1.54) is 44.4 Å². The molecule has 0 aliphatic rings. The van der Waals surface area contributed by atoms with Gasteiger partial charge in [-0.2, -0.15) is 5.21 Å². The van der Waals surface area contributed by atoms with E-state index >= 15 is 0 Å². The molecule has 0 amide bonds. The number of hydrogen-bond acceptors (Lipinski definition) is 7. The summed E-state index contributed by atoms with van der Waals surface area (Å²) in [7, 11) is -1.16. The summed E-state index contributed by atoms with van der Waals surface area (Å²) in [4.78, 5) is -0.305. The van der Waals surface area contributed by atoms with Gasteiger partial charge in [0.2, 0.25) is 15.8 Å². The molecule has 0 spiro atoms. The first-order valence-electron chi connectivity index (χ1n) is 7.36. The lowest BCUT2D eigenvalue weighted by atomic mass is 10.2. The molecule has 1 aromatic heterocycles. The predicted molar refractivity (Wildman–Crippen MR) is 98.7 cm³/mol. The number of rotatable bonds is 5. The van der Waals surface area contributed by atoms with Crippen LogP contribution < -0.4 is 4.74 Å². The molecule has 3 aromatic rings. The largest absolute Gasteiger partial charge is 0.507 e. The minimum absolute atomic E-state index is 0.115. The highest BCUT2D eigenvalue weighted by molar-refractivity contribution is 7.89. The number of aromatic amines is 1. The second-order valence-electron chi connectivity index (χ2n) is 5.52. The number of H-pyrrole nitrogens is 1. The molecule has 1 heterocycles. The minimum atomic E-state index is -3.87. The van der Waals surface area contributed by atoms with Gasteiger partial charge in [0.1, 0.15) is 16.4 Å². The molecular formula is C15H13Cl2N5O4S. The monoisotopic (exact) mass is 429 g/mol. The topological polar surface area (TPSA) is 121 Å². The van der Waals surface area contributed by atoms with Gasteiger partial charge in [-0.15, -0.1) is 10.2 Å². The molecule has 3 rings (SSSR count). The summed E-state index contributed by atoms with van der Waals surface area (Å²) in [6.45, 7) is 0. The van der Waals surface area contributed by atoms with Crippen LogP contribution in [0.2, 0.25) is 10.0 Å². The van der Waals surface area contributed by atoms with Gasteiger partial charge in [0.25, 0.3) is 0 Å². The van der Waals surface area contributed by atoms with Crippen molar-refractivity contribution in [3.8, 4) is 28.6 Å². The van der Waals surface area contributed by atoms with Gasteiger partial charge in [0.15, 0.2) is 5.75 Å². The van der Waals surface area contributed by atoms with Crippen molar-refractivity contribution in [2.24, 2.45) is 0 Å². The zero-order valence-electron chi connectivity index (χ0n) is 14.0. The number of phenols is 1. The molecule has 2 aromatic carbocycles. The average molecular weight is 430 g/mol. The van der Waals surface area contributed by atoms with Crippen LogP contribution in [0.25, 0.3) is 11.4 Å². The van der Waals surface area contributed by atoms with E-state index in [9.17, 15) is 13.5 Å². The number of sulfonamides is 1. The number of phenolic OH excluding ortho intramolecular Hbond substituents is 1. The van der Waals surface area contributed by atoms with Crippen LogP contribution in [0.4, 0.5) is 0 Å². The van der Waals surface area contributed by atoms with Crippen LogP contribution in [0.1, 0.15) is 0 Å². The van der Waals surface area contributed by atoms with Crippen LogP contribution in [0.15, 0.2) is 35.2 Å². The van der Waals surface area contributed by atoms with E-state index in [0.717, 1.165) is 4.31 Å². The van der Waals surface area contributed by atoms with Gasteiger partial charge in [-0.25, -0.2) is 12.7 Å². The van der Waals surface area contributed by atoms with Crippen molar-refractivity contribution in [2.75, 3.05) is 14.1 Å². The van der Waals surface area contributed by atoms with Gasteiger partial charge >= 0.3 is 0 Å². The Kier molecular flexibility index (Phi) is 5.24. The van der Waals surface area contributed by atoms with Crippen molar-refractivity contribution >= 4 is 33.2 Å². The number of nitrogens with zero attached hydrogens (tertiary/aromatic N) is 4. The van der Waals surface area contributed by atoms with Crippen LogP contribution in [-0.2, 0) is 10.0 Å². The smallest absolute Gasteiger partial charge is 0.246 e. The Labute approximate surface area is 164 Å². The molecular weight excluding hydrogens is 417 g/mol. The predicted octanol–water partition coefficient (Wildman–Crippen LogP) is 2.92. The van der Waals surface area contributed by atoms with E-state index in [-0.39, 0.29) is 26.4 Å². The minimum Gasteiger partial charge on any atom is -0.507 e. The molecule has 0 saturated carbocycles. The fraction of sp³-hybridized carbons (Fsp3) is 0.133. The van der Waals surface area contributed by atoms with E-state index in [0.29, 0.717) is 11.4 Å². The Balaban J connectivity index is 1.99. The molecule has 0 radical (unpaired) electrons. The van der Waals surface area contributed by atoms with Crippen LogP contribution in [0.3, 0.4) is 0 Å². The molecule has 12 heteroatoms. The molecule has 0 aliphatic heterocycles. The van der Waals surface area contributed by atoms with Gasteiger partial charge < -0.3 is 9.84 Å². The molecule has 0 fully saturated rings. The molecule has 9 nitrogen and oxygen atoms in total. The maximum absolute atomic E-state index is 12.3. The number of nitrogens with one attached hydrogen (secondary N) is 1. The van der Waals surface area contributed by atoms with Gasteiger partial charge in [0.05, 0.1) is 10.0 Å². The summed E-state index contributed by atoms with van der Waals surface area (Å²) in [6.07, 6.45) is 0. The summed E-state index contributed by atoms with van der Waals surface area (Å²) in [5.41, 5.74) is 0.521. The van der Waals surface area contributed by atoms with E-state index in [1.54, 1.807) is 0 Å². The van der Waals surface area contributed by atoms with Crippen LogP contribution in [-0.4, -0.2) is 52.5 Å². The third kappa shape index (κ3) is 3.83. The van der Waals surface area contributed by atoms with Gasteiger partial charge in [-0.1, -0.05) is 23.2 Å². The molecule has 2 N–H and O–H groups in total. The Morgan fingerprint density at radius 2 is 1.81 bits per heavy atom. The van der Waals surface area contributed by atoms with Crippen molar-refractivity contribution in [1.29, 1.82) is 0 Å². The van der Waals surface area contributed by atoms with Crippen LogP contribution >= 0.6 is 23.2 Å². The fourth-order valence-corrected chi connectivity index (χ4v) is 3.70. The van der Waals surface area contributed by atoms with Crippen LogP contribution in [0.5, 0.6) is 17.2 Å². The van der Waals surface area contributed by atoms with Crippen molar-refractivity contribution < 1.29 is 18.3 Å². The maximum Gasteiger partial charge on any atom is 0.246 e. The number of aromatic hydroxyl groups is 1. The Morgan fingerprint density at radius 1 is 1.15 bits per heavy atom. The summed E-state index contributed by atoms with van der Waals surface area (Å²) in [5, 5.41) is 23.7. The first-order valence-corrected chi connectivity index (χ1v) is 9.56. The lowest BCUT2D eigenvalue weighted by molar-refractivity contribution is 0.443. The summed E-state index contributed by atoms with van der Waals surface area (Å²) in [5.74, 6) is 0.142. The second kappa shape index (κ2) is 7.31. The van der Waals surface area contributed by atoms with E-state index in [4.69, 9.17) is 27.9 Å². The highest BCUT2D eigenvalue weighted by atomic mass is 35.5. The van der Waals surface area contributed by atoms with Crippen LogP contribution in [0, 0.1) is 0 Å². The quantitative estimate of drug-likeness (QED) is 0.638. The average Bonchev–Trinajstić information content (AvgIpc) is 3.13. The first kappa shape index (κ1) is 19.4. The number of tetrazole rings is 1. The number of hydrogen-bond donors (Lipinski definition) is 2.